The molecule has 0 amide bonds. The van der Waals surface area contributed by atoms with Crippen molar-refractivity contribution >= 4 is 35.7 Å². The van der Waals surface area contributed by atoms with Gasteiger partial charge in [-0.25, -0.2) is 0 Å². The summed E-state index contributed by atoms with van der Waals surface area (Å²) in [7, 11) is 17.5. The van der Waals surface area contributed by atoms with E-state index in [4.69, 9.17) is 78.6 Å². The van der Waals surface area contributed by atoms with Crippen LogP contribution in [0.15, 0.2) is 0 Å². The van der Waals surface area contributed by atoms with Crippen molar-refractivity contribution in [2.24, 2.45) is 5.41 Å². The van der Waals surface area contributed by atoms with Crippen LogP contribution in [-0.2, 0) is 33.8 Å². The van der Waals surface area contributed by atoms with E-state index < -0.39 is 0 Å². The molecule has 10 heterocycles. The number of anilines is 6. The molecule has 0 atom stereocenters. The average Bonchev–Trinajstić information content (AvgIpc) is 0.764. The number of rotatable bonds is 27. The second-order valence-corrected chi connectivity index (χ2v) is 48.4. The molecule has 127 heavy (non-hydrogen) atoms. The molecule has 31 heteroatoms. The molecule has 1 aliphatic carbocycles. The Balaban J connectivity index is 0.000000215. The van der Waals surface area contributed by atoms with E-state index in [0.717, 1.165) is 151 Å². The molecular weight excluding hydrogens is 1600 g/mol. The zero-order valence-corrected chi connectivity index (χ0v) is 87.9. The van der Waals surface area contributed by atoms with Gasteiger partial charge < -0.3 is 64.0 Å². The number of piperidine rings is 6. The minimum atomic E-state index is -0.177. The topological polar surface area (TPSA) is 247 Å². The van der Waals surface area contributed by atoms with E-state index in [9.17, 15) is 0 Å². The second-order valence-electron chi connectivity index (χ2n) is 48.4. The number of nitrogens with zero attached hydrogens (tertiary/aromatic N) is 22. The maximum Gasteiger partial charge on any atom is 0.231 e. The van der Waals surface area contributed by atoms with E-state index in [0.29, 0.717) is 55.9 Å². The van der Waals surface area contributed by atoms with E-state index >= 15 is 0 Å². The zero-order chi connectivity index (χ0) is 95.1. The standard InChI is InChI=1S/C34H66N8O2.C32H60N8O2.C30H56N8O3/c1-24-35-27(38-30(5,6)22-29(2,3)4)37-28(36-24)40(26-20-33(11,12)42(44-17)34(13,14)21-26)23-39(15)25-18-31(7,8)41(43-16)32(9,10)19-25;1-23-33-27(35-24-16-14-13-15-17-24)36-28(34-23)38(26-20-31(6,7)40(42-12)32(8,9)21-26)22-37(10)25-18-29(2,3)39(41-11)30(4,5)19-25;1-22-31-25(35-13-15-41-16-14-35)33-26(32-22)36(24-19-29(6,7)38(40-12)30(8,9)20-24)21-34(10)23-17-27(2,3)37(39-11)28(4,5)18-23/h25-26H,18-23H2,1-17H3,(H,35,36,37,38);24-26H,13-22H2,1-12H3,(H,33,34,35,36);23-24H,13-21H2,1-12H3. The lowest BCUT2D eigenvalue weighted by Gasteiger charge is -2.57. The van der Waals surface area contributed by atoms with Gasteiger partial charge >= 0.3 is 0 Å². The molecule has 8 aliphatic rings. The van der Waals surface area contributed by atoms with Gasteiger partial charge in [-0.05, 0) is 324 Å². The Bertz CT molecular complexity index is 3920. The zero-order valence-electron chi connectivity index (χ0n) is 87.9. The summed E-state index contributed by atoms with van der Waals surface area (Å²) in [6.07, 6.45) is 18.8. The van der Waals surface area contributed by atoms with Gasteiger partial charge in [0, 0.05) is 127 Å². The SMILES string of the molecule is CON1C(C)(C)CC(N(C)CN(c2nc(C)nc(N3CCOCC3)n2)C2CC(C)(C)N(OC)C(C)(C)C2)CC1(C)C.CON1C(C)(C)CC(N(C)CN(c2nc(C)nc(NC(C)(C)CC(C)(C)C)n2)C2CC(C)(C)N(OC)C(C)(C)C2)CC1(C)C.CON1C(C)(C)CC(N(C)CN(c2nc(C)nc(NC3CCCCC3)n2)C2CC(C)(C)N(OC)C(C)(C)C2)CC1(C)C. The number of hydrogen-bond acceptors (Lipinski definition) is 31. The summed E-state index contributed by atoms with van der Waals surface area (Å²) in [4.78, 5) is 97.2. The minimum absolute atomic E-state index is 0.0884. The van der Waals surface area contributed by atoms with Crippen molar-refractivity contribution in [1.29, 1.82) is 0 Å². The number of aromatic nitrogens is 9. The molecule has 0 aromatic carbocycles. The molecule has 3 aromatic heterocycles. The van der Waals surface area contributed by atoms with Crippen LogP contribution < -0.4 is 30.2 Å². The van der Waals surface area contributed by atoms with Crippen molar-refractivity contribution in [2.75, 3.05) is 140 Å². The first kappa shape index (κ1) is 106. The Morgan fingerprint density at radius 1 is 0.339 bits per heavy atom. The molecule has 7 saturated heterocycles. The van der Waals surface area contributed by atoms with Crippen LogP contribution in [0.2, 0.25) is 0 Å². The fourth-order valence-corrected chi connectivity index (χ4v) is 25.8. The van der Waals surface area contributed by atoms with E-state index in [1.807, 2.05) is 20.8 Å². The number of hydrogen-bond donors (Lipinski definition) is 2. The first-order chi connectivity index (χ1) is 58.3. The fourth-order valence-electron chi connectivity index (χ4n) is 25.8. The first-order valence-corrected chi connectivity index (χ1v) is 47.8. The maximum absolute atomic E-state index is 5.97. The maximum atomic E-state index is 5.97. The van der Waals surface area contributed by atoms with Crippen LogP contribution in [0.3, 0.4) is 0 Å². The van der Waals surface area contributed by atoms with Crippen LogP contribution in [0.25, 0.3) is 0 Å². The Morgan fingerprint density at radius 3 is 0.866 bits per heavy atom. The Morgan fingerprint density at radius 2 is 0.591 bits per heavy atom. The summed E-state index contributed by atoms with van der Waals surface area (Å²) in [6.45, 7) is 77.1. The molecule has 1 saturated carbocycles. The van der Waals surface area contributed by atoms with Gasteiger partial charge in [-0.15, -0.1) is 0 Å². The molecular formula is C96H182N24O7. The third-order valence-electron chi connectivity index (χ3n) is 28.5. The summed E-state index contributed by atoms with van der Waals surface area (Å²) in [5.41, 5.74) is -1.58. The lowest BCUT2D eigenvalue weighted by Crippen LogP contribution is -2.66. The van der Waals surface area contributed by atoms with Gasteiger partial charge in [0.05, 0.1) is 75.9 Å². The fraction of sp³-hybridized carbons (Fsp3) is 0.906. The molecule has 0 bridgehead atoms. The van der Waals surface area contributed by atoms with Crippen LogP contribution >= 0.6 is 0 Å². The van der Waals surface area contributed by atoms with Gasteiger partial charge in [-0.1, -0.05) is 40.0 Å². The van der Waals surface area contributed by atoms with Crippen LogP contribution in [-0.4, -0.2) is 314 Å². The molecule has 728 valence electrons. The van der Waals surface area contributed by atoms with E-state index in [2.05, 4.69) is 297 Å². The molecule has 3 aromatic rings. The molecule has 7 aliphatic heterocycles. The predicted molar refractivity (Wildman–Crippen MR) is 514 cm³/mol. The number of nitrogens with one attached hydrogen (secondary N) is 2. The van der Waals surface area contributed by atoms with Gasteiger partial charge in [0.2, 0.25) is 35.7 Å². The summed E-state index contributed by atoms with van der Waals surface area (Å²) in [5.74, 6) is 6.56. The number of morpholine rings is 1. The first-order valence-electron chi connectivity index (χ1n) is 47.8. The Kier molecular flexibility index (Phi) is 33.4. The highest BCUT2D eigenvalue weighted by Gasteiger charge is 2.56. The normalized spacial score (nSPS) is 24.7. The van der Waals surface area contributed by atoms with Gasteiger partial charge in [-0.3, -0.25) is 14.7 Å². The monoisotopic (exact) mass is 1780 g/mol. The Hall–Kier alpha value is -4.81. The Labute approximate surface area is 770 Å². The van der Waals surface area contributed by atoms with Crippen molar-refractivity contribution in [3.05, 3.63) is 17.5 Å². The lowest BCUT2D eigenvalue weighted by molar-refractivity contribution is -0.272. The largest absolute Gasteiger partial charge is 0.378 e. The summed E-state index contributed by atoms with van der Waals surface area (Å²) in [5, 5.41) is 20.4. The molecule has 0 spiro atoms. The van der Waals surface area contributed by atoms with Crippen molar-refractivity contribution in [3.63, 3.8) is 0 Å². The summed E-state index contributed by atoms with van der Waals surface area (Å²) >= 11 is 0. The highest BCUT2D eigenvalue weighted by Crippen LogP contribution is 2.49. The van der Waals surface area contributed by atoms with E-state index in [1.165, 1.54) is 32.1 Å². The van der Waals surface area contributed by atoms with Gasteiger partial charge in [0.25, 0.3) is 0 Å². The van der Waals surface area contributed by atoms with E-state index in [-0.39, 0.29) is 95.5 Å². The average molecular weight is 1780 g/mol. The van der Waals surface area contributed by atoms with Gasteiger partial charge in [0.1, 0.15) is 17.5 Å². The van der Waals surface area contributed by atoms with Crippen molar-refractivity contribution in [1.82, 2.24) is 89.9 Å². The lowest BCUT2D eigenvalue weighted by atomic mass is 9.78. The van der Waals surface area contributed by atoms with Crippen LogP contribution in [0.1, 0.15) is 334 Å². The predicted octanol–water partition coefficient (Wildman–Crippen LogP) is 16.3. The number of aryl methyl sites for hydroxylation is 3. The molecule has 2 N–H and O–H groups in total. The van der Waals surface area contributed by atoms with Crippen LogP contribution in [0.5, 0.6) is 0 Å². The summed E-state index contributed by atoms with van der Waals surface area (Å²) in [6, 6.07) is 2.19. The van der Waals surface area contributed by atoms with Crippen LogP contribution in [0, 0.1) is 26.2 Å². The summed E-state index contributed by atoms with van der Waals surface area (Å²) < 4.78 is 5.60. The van der Waals surface area contributed by atoms with Crippen molar-refractivity contribution in [3.8, 4) is 0 Å². The molecule has 0 radical (unpaired) electrons. The van der Waals surface area contributed by atoms with Crippen molar-refractivity contribution in [2.45, 2.75) is 451 Å². The number of ether oxygens (including phenoxy) is 1. The van der Waals surface area contributed by atoms with Crippen molar-refractivity contribution < 1.29 is 33.8 Å². The second kappa shape index (κ2) is 40.0. The minimum Gasteiger partial charge on any atom is -0.378 e. The van der Waals surface area contributed by atoms with Crippen LogP contribution in [0.4, 0.5) is 35.7 Å². The highest BCUT2D eigenvalue weighted by atomic mass is 16.7. The molecule has 0 unspecified atom stereocenters. The molecule has 11 rings (SSSR count). The number of hydroxylamine groups is 12. The molecule has 31 nitrogen and oxygen atoms in total. The molecule has 8 fully saturated rings. The quantitative estimate of drug-likeness (QED) is 0.0673. The third-order valence-corrected chi connectivity index (χ3v) is 28.5. The smallest absolute Gasteiger partial charge is 0.231 e. The third kappa shape index (κ3) is 25.8. The van der Waals surface area contributed by atoms with E-state index in [1.54, 1.807) is 42.7 Å². The highest BCUT2D eigenvalue weighted by molar-refractivity contribution is 5.44. The van der Waals surface area contributed by atoms with Gasteiger partial charge in [-0.2, -0.15) is 75.2 Å². The van der Waals surface area contributed by atoms with Gasteiger partial charge in [0.15, 0.2) is 0 Å².